The highest BCUT2D eigenvalue weighted by molar-refractivity contribution is 6.31. The van der Waals surface area contributed by atoms with E-state index in [0.717, 1.165) is 5.56 Å². The summed E-state index contributed by atoms with van der Waals surface area (Å²) in [4.78, 5) is 11.9. The van der Waals surface area contributed by atoms with E-state index in [4.69, 9.17) is 11.6 Å². The molecule has 0 bridgehead atoms. The molecule has 1 N–H and O–H groups in total. The van der Waals surface area contributed by atoms with Crippen LogP contribution in [0.4, 0.5) is 4.39 Å². The lowest BCUT2D eigenvalue weighted by Gasteiger charge is -2.14. The summed E-state index contributed by atoms with van der Waals surface area (Å²) in [5, 5.41) is 3.43. The zero-order valence-electron chi connectivity index (χ0n) is 11.5. The van der Waals surface area contributed by atoms with Gasteiger partial charge in [-0.1, -0.05) is 41.9 Å². The highest BCUT2D eigenvalue weighted by Crippen LogP contribution is 2.22. The molecule has 2 aromatic carbocycles. The SMILES string of the molecule is CC(NC(=O)/C=C/c1cccc(F)c1)c1ccccc1Cl. The Morgan fingerprint density at radius 2 is 2.00 bits per heavy atom. The molecule has 0 aliphatic carbocycles. The normalized spacial score (nSPS) is 12.3. The molecule has 4 heteroatoms. The largest absolute Gasteiger partial charge is 0.346 e. The van der Waals surface area contributed by atoms with Gasteiger partial charge in [0, 0.05) is 11.1 Å². The predicted molar refractivity (Wildman–Crippen MR) is 83.4 cm³/mol. The van der Waals surface area contributed by atoms with Crippen molar-refractivity contribution < 1.29 is 9.18 Å². The molecule has 0 saturated heterocycles. The Morgan fingerprint density at radius 1 is 1.24 bits per heavy atom. The van der Waals surface area contributed by atoms with E-state index in [0.29, 0.717) is 10.6 Å². The van der Waals surface area contributed by atoms with Crippen LogP contribution in [-0.2, 0) is 4.79 Å². The van der Waals surface area contributed by atoms with Crippen molar-refractivity contribution in [3.8, 4) is 0 Å². The number of carbonyl (C=O) groups is 1. The van der Waals surface area contributed by atoms with Crippen LogP contribution in [0.15, 0.2) is 54.6 Å². The van der Waals surface area contributed by atoms with Crippen molar-refractivity contribution in [2.45, 2.75) is 13.0 Å². The average Bonchev–Trinajstić information content (AvgIpc) is 2.45. The number of nitrogens with one attached hydrogen (secondary N) is 1. The van der Waals surface area contributed by atoms with Gasteiger partial charge < -0.3 is 5.32 Å². The maximum Gasteiger partial charge on any atom is 0.244 e. The predicted octanol–water partition coefficient (Wildman–Crippen LogP) is 4.37. The molecule has 21 heavy (non-hydrogen) atoms. The first kappa shape index (κ1) is 15.3. The van der Waals surface area contributed by atoms with Gasteiger partial charge in [-0.05, 0) is 42.3 Å². The van der Waals surface area contributed by atoms with Crippen molar-refractivity contribution in [3.05, 3.63) is 76.6 Å². The number of rotatable bonds is 4. The van der Waals surface area contributed by atoms with Gasteiger partial charge in [-0.3, -0.25) is 4.79 Å². The number of benzene rings is 2. The minimum Gasteiger partial charge on any atom is -0.346 e. The second kappa shape index (κ2) is 7.04. The van der Waals surface area contributed by atoms with E-state index in [-0.39, 0.29) is 17.8 Å². The standard InChI is InChI=1S/C17H15ClFNO/c1-12(15-7-2-3-8-16(15)18)20-17(21)10-9-13-5-4-6-14(19)11-13/h2-12H,1H3,(H,20,21)/b10-9+. The molecule has 0 heterocycles. The summed E-state index contributed by atoms with van der Waals surface area (Å²) in [6.07, 6.45) is 2.94. The molecule has 108 valence electrons. The van der Waals surface area contributed by atoms with E-state index in [1.807, 2.05) is 25.1 Å². The third kappa shape index (κ3) is 4.43. The molecule has 1 amide bonds. The van der Waals surface area contributed by atoms with Crippen molar-refractivity contribution >= 4 is 23.6 Å². The molecule has 0 aromatic heterocycles. The van der Waals surface area contributed by atoms with Crippen LogP contribution in [0.25, 0.3) is 6.08 Å². The molecule has 1 atom stereocenters. The van der Waals surface area contributed by atoms with Gasteiger partial charge in [-0.2, -0.15) is 0 Å². The van der Waals surface area contributed by atoms with Crippen molar-refractivity contribution in [2.24, 2.45) is 0 Å². The Hall–Kier alpha value is -2.13. The third-order valence-corrected chi connectivity index (χ3v) is 3.35. The Morgan fingerprint density at radius 3 is 2.71 bits per heavy atom. The van der Waals surface area contributed by atoms with Gasteiger partial charge in [0.25, 0.3) is 0 Å². The van der Waals surface area contributed by atoms with Crippen LogP contribution in [0, 0.1) is 5.82 Å². The first-order valence-corrected chi connectivity index (χ1v) is 6.92. The quantitative estimate of drug-likeness (QED) is 0.835. The molecule has 2 aromatic rings. The molecular formula is C17H15ClFNO. The summed E-state index contributed by atoms with van der Waals surface area (Å²) >= 11 is 6.08. The Kier molecular flexibility index (Phi) is 5.12. The topological polar surface area (TPSA) is 29.1 Å². The lowest BCUT2D eigenvalue weighted by molar-refractivity contribution is -0.117. The van der Waals surface area contributed by atoms with Crippen molar-refractivity contribution in [1.29, 1.82) is 0 Å². The Bertz CT molecular complexity index is 669. The van der Waals surface area contributed by atoms with Crippen LogP contribution in [0.5, 0.6) is 0 Å². The fourth-order valence-corrected chi connectivity index (χ4v) is 2.25. The first-order valence-electron chi connectivity index (χ1n) is 6.55. The van der Waals surface area contributed by atoms with Crippen LogP contribution in [-0.4, -0.2) is 5.91 Å². The van der Waals surface area contributed by atoms with E-state index in [1.165, 1.54) is 18.2 Å². The molecule has 2 nitrogen and oxygen atoms in total. The molecule has 0 fully saturated rings. The highest BCUT2D eigenvalue weighted by Gasteiger charge is 2.10. The van der Waals surface area contributed by atoms with Crippen LogP contribution < -0.4 is 5.32 Å². The average molecular weight is 304 g/mol. The smallest absolute Gasteiger partial charge is 0.244 e. The molecule has 0 spiro atoms. The van der Waals surface area contributed by atoms with Gasteiger partial charge >= 0.3 is 0 Å². The summed E-state index contributed by atoms with van der Waals surface area (Å²) in [6.45, 7) is 1.86. The van der Waals surface area contributed by atoms with E-state index in [2.05, 4.69) is 5.32 Å². The summed E-state index contributed by atoms with van der Waals surface area (Å²) < 4.78 is 13.0. The minimum atomic E-state index is -0.331. The van der Waals surface area contributed by atoms with Crippen LogP contribution in [0.3, 0.4) is 0 Å². The lowest BCUT2D eigenvalue weighted by Crippen LogP contribution is -2.24. The van der Waals surface area contributed by atoms with E-state index in [9.17, 15) is 9.18 Å². The Labute approximate surface area is 128 Å². The number of carbonyl (C=O) groups excluding carboxylic acids is 1. The van der Waals surface area contributed by atoms with Crippen LogP contribution in [0.2, 0.25) is 5.02 Å². The zero-order chi connectivity index (χ0) is 15.2. The maximum absolute atomic E-state index is 13.0. The summed E-state index contributed by atoms with van der Waals surface area (Å²) in [5.41, 5.74) is 1.49. The summed E-state index contributed by atoms with van der Waals surface area (Å²) in [6, 6.07) is 13.2. The lowest BCUT2D eigenvalue weighted by atomic mass is 10.1. The van der Waals surface area contributed by atoms with Gasteiger partial charge in [-0.25, -0.2) is 4.39 Å². The summed E-state index contributed by atoms with van der Waals surface area (Å²) in [5.74, 6) is -0.589. The number of amides is 1. The first-order chi connectivity index (χ1) is 10.1. The Balaban J connectivity index is 2.00. The second-order valence-electron chi connectivity index (χ2n) is 4.64. The summed E-state index contributed by atoms with van der Waals surface area (Å²) in [7, 11) is 0. The zero-order valence-corrected chi connectivity index (χ0v) is 12.3. The number of hydrogen-bond acceptors (Lipinski definition) is 1. The fourth-order valence-electron chi connectivity index (χ4n) is 1.95. The van der Waals surface area contributed by atoms with Crippen LogP contribution >= 0.6 is 11.6 Å². The number of hydrogen-bond donors (Lipinski definition) is 1. The second-order valence-corrected chi connectivity index (χ2v) is 5.05. The molecule has 0 saturated carbocycles. The van der Waals surface area contributed by atoms with Crippen molar-refractivity contribution in [1.82, 2.24) is 5.32 Å². The fraction of sp³-hybridized carbons (Fsp3) is 0.118. The maximum atomic E-state index is 13.0. The molecule has 0 aliphatic heterocycles. The monoisotopic (exact) mass is 303 g/mol. The molecule has 2 rings (SSSR count). The van der Waals surface area contributed by atoms with E-state index < -0.39 is 0 Å². The van der Waals surface area contributed by atoms with E-state index in [1.54, 1.807) is 24.3 Å². The van der Waals surface area contributed by atoms with Crippen molar-refractivity contribution in [3.63, 3.8) is 0 Å². The molecule has 1 unspecified atom stereocenters. The van der Waals surface area contributed by atoms with Gasteiger partial charge in [-0.15, -0.1) is 0 Å². The number of halogens is 2. The van der Waals surface area contributed by atoms with Gasteiger partial charge in [0.05, 0.1) is 6.04 Å². The molecular weight excluding hydrogens is 289 g/mol. The minimum absolute atomic E-state index is 0.205. The van der Waals surface area contributed by atoms with Crippen LogP contribution in [0.1, 0.15) is 24.1 Å². The highest BCUT2D eigenvalue weighted by atomic mass is 35.5. The van der Waals surface area contributed by atoms with Gasteiger partial charge in [0.1, 0.15) is 5.82 Å². The molecule has 0 radical (unpaired) electrons. The molecule has 0 aliphatic rings. The van der Waals surface area contributed by atoms with Crippen molar-refractivity contribution in [2.75, 3.05) is 0 Å². The van der Waals surface area contributed by atoms with Gasteiger partial charge in [0.15, 0.2) is 0 Å². The van der Waals surface area contributed by atoms with Gasteiger partial charge in [0.2, 0.25) is 5.91 Å². The third-order valence-electron chi connectivity index (χ3n) is 3.01. The van der Waals surface area contributed by atoms with E-state index >= 15 is 0 Å².